The molecule has 2 aliphatic heterocycles. The monoisotopic (exact) mass is 662 g/mol. The summed E-state index contributed by atoms with van der Waals surface area (Å²) in [4.78, 5) is 26.3. The molecular weight excluding hydrogens is 643 g/mol. The van der Waals surface area contributed by atoms with E-state index in [2.05, 4.69) is 14.8 Å². The van der Waals surface area contributed by atoms with E-state index in [4.69, 9.17) is 34.8 Å². The van der Waals surface area contributed by atoms with Crippen LogP contribution in [0.4, 0.5) is 5.69 Å². The third-order valence-electron chi connectivity index (χ3n) is 6.41. The highest BCUT2D eigenvalue weighted by molar-refractivity contribution is 7.97. The molecule has 3 aromatic rings. The van der Waals surface area contributed by atoms with Crippen LogP contribution in [0.5, 0.6) is 0 Å². The molecule has 0 radical (unpaired) electrons. The fourth-order valence-electron chi connectivity index (χ4n) is 4.49. The van der Waals surface area contributed by atoms with Crippen LogP contribution >= 0.6 is 46.9 Å². The minimum atomic E-state index is -4.20. The number of carbonyl (C=O) groups excluding carboxylic acids is 1. The van der Waals surface area contributed by atoms with E-state index in [0.29, 0.717) is 26.9 Å². The quantitative estimate of drug-likeness (QED) is 0.202. The highest BCUT2D eigenvalue weighted by Crippen LogP contribution is 2.35. The topological polar surface area (TPSA) is 128 Å². The van der Waals surface area contributed by atoms with Crippen molar-refractivity contribution in [3.63, 3.8) is 0 Å². The van der Waals surface area contributed by atoms with Crippen LogP contribution in [0.3, 0.4) is 0 Å². The zero-order valence-corrected chi connectivity index (χ0v) is 25.2. The Morgan fingerprint density at radius 3 is 2.10 bits per heavy atom. The lowest BCUT2D eigenvalue weighted by atomic mass is 9.84. The van der Waals surface area contributed by atoms with Crippen LogP contribution < -0.4 is 14.8 Å². The van der Waals surface area contributed by atoms with E-state index < -0.39 is 33.9 Å². The molecule has 0 bridgehead atoms. The van der Waals surface area contributed by atoms with Crippen molar-refractivity contribution in [1.82, 2.24) is 14.3 Å². The molecule has 2 heterocycles. The SMILES string of the molecule is O=C(NC(C(=O)O)C(c1ccc(Cl)cc1)c1ccc(Cl)cc1)c1ccc(Cl)cc1NS(=O)(=O)C1=CC=CN2SNC=C12. The van der Waals surface area contributed by atoms with Crippen LogP contribution in [0.2, 0.25) is 15.1 Å². The summed E-state index contributed by atoms with van der Waals surface area (Å²) in [5.74, 6) is -2.99. The lowest BCUT2D eigenvalue weighted by Crippen LogP contribution is -2.45. The van der Waals surface area contributed by atoms with Gasteiger partial charge in [0, 0.05) is 33.4 Å². The Morgan fingerprint density at radius 1 is 0.905 bits per heavy atom. The van der Waals surface area contributed by atoms with Crippen molar-refractivity contribution in [2.75, 3.05) is 4.72 Å². The summed E-state index contributed by atoms with van der Waals surface area (Å²) < 4.78 is 33.8. The molecule has 0 aliphatic carbocycles. The van der Waals surface area contributed by atoms with Gasteiger partial charge in [-0.2, -0.15) is 0 Å². The van der Waals surface area contributed by atoms with E-state index in [1.54, 1.807) is 65.1 Å². The molecule has 0 fully saturated rings. The molecule has 4 N–H and O–H groups in total. The summed E-state index contributed by atoms with van der Waals surface area (Å²) in [5, 5.41) is 14.0. The Labute approximate surface area is 261 Å². The molecular formula is C28H21Cl3N4O5S2. The molecule has 5 rings (SSSR count). The van der Waals surface area contributed by atoms with Gasteiger partial charge in [-0.1, -0.05) is 59.1 Å². The second-order valence-electron chi connectivity index (χ2n) is 9.10. The van der Waals surface area contributed by atoms with Gasteiger partial charge >= 0.3 is 5.97 Å². The number of nitrogens with zero attached hydrogens (tertiary/aromatic N) is 1. The van der Waals surface area contributed by atoms with Crippen LogP contribution in [0.25, 0.3) is 0 Å². The largest absolute Gasteiger partial charge is 0.480 e. The van der Waals surface area contributed by atoms with E-state index in [-0.39, 0.29) is 21.2 Å². The Kier molecular flexibility index (Phi) is 8.76. The van der Waals surface area contributed by atoms with Crippen LogP contribution in [-0.4, -0.2) is 35.7 Å². The molecule has 2 aliphatic rings. The number of carbonyl (C=O) groups is 2. The number of rotatable bonds is 9. The van der Waals surface area contributed by atoms with Gasteiger partial charge in [-0.05, 0) is 65.7 Å². The molecule has 1 amide bonds. The first-order chi connectivity index (χ1) is 20.0. The Morgan fingerprint density at radius 2 is 1.50 bits per heavy atom. The van der Waals surface area contributed by atoms with E-state index in [1.165, 1.54) is 42.6 Å². The summed E-state index contributed by atoms with van der Waals surface area (Å²) in [6.07, 6.45) is 6.22. The minimum Gasteiger partial charge on any atom is -0.480 e. The second-order valence-corrected chi connectivity index (χ2v) is 12.9. The van der Waals surface area contributed by atoms with Crippen molar-refractivity contribution in [2.24, 2.45) is 0 Å². The Hall–Kier alpha value is -3.61. The van der Waals surface area contributed by atoms with E-state index >= 15 is 0 Å². The van der Waals surface area contributed by atoms with Gasteiger partial charge in [0.2, 0.25) is 0 Å². The maximum absolute atomic E-state index is 13.7. The number of carboxylic acids is 1. The first-order valence-electron chi connectivity index (χ1n) is 12.2. The summed E-state index contributed by atoms with van der Waals surface area (Å²) in [5.41, 5.74) is 1.29. The molecule has 0 saturated carbocycles. The molecule has 0 spiro atoms. The van der Waals surface area contributed by atoms with Crippen LogP contribution in [0.1, 0.15) is 27.4 Å². The zero-order valence-electron chi connectivity index (χ0n) is 21.3. The van der Waals surface area contributed by atoms with E-state index in [0.717, 1.165) is 0 Å². The standard InChI is InChI=1S/C28H21Cl3N4O5S2/c29-18-7-3-16(4-8-18)25(17-5-9-19(30)10-6-17)26(28(37)38)33-27(36)21-12-11-20(31)14-22(21)34-42(39,40)24-2-1-13-35-23(24)15-32-41-35/h1-15,25-26,32,34H,(H,33,36)(H,37,38). The number of anilines is 1. The third-order valence-corrected chi connectivity index (χ3v) is 9.30. The smallest absolute Gasteiger partial charge is 0.327 e. The summed E-state index contributed by atoms with van der Waals surface area (Å²) >= 11 is 19.5. The van der Waals surface area contributed by atoms with E-state index in [1.807, 2.05) is 0 Å². The summed E-state index contributed by atoms with van der Waals surface area (Å²) in [6, 6.07) is 15.7. The van der Waals surface area contributed by atoms with Crippen molar-refractivity contribution in [1.29, 1.82) is 0 Å². The first-order valence-corrected chi connectivity index (χ1v) is 15.6. The van der Waals surface area contributed by atoms with Crippen LogP contribution in [-0.2, 0) is 14.8 Å². The molecule has 1 atom stereocenters. The number of carboxylic acid groups (broad SMARTS) is 1. The number of nitrogens with one attached hydrogen (secondary N) is 3. The number of fused-ring (bicyclic) bond motifs is 1. The average molecular weight is 664 g/mol. The molecule has 1 unspecified atom stereocenters. The van der Waals surface area contributed by atoms with Gasteiger partial charge in [0.25, 0.3) is 15.9 Å². The van der Waals surface area contributed by atoms with Gasteiger partial charge in [0.05, 0.1) is 29.1 Å². The highest BCUT2D eigenvalue weighted by atomic mass is 35.5. The van der Waals surface area contributed by atoms with Crippen molar-refractivity contribution < 1.29 is 23.1 Å². The maximum Gasteiger partial charge on any atom is 0.327 e. The Balaban J connectivity index is 1.49. The number of hydrogen-bond donors (Lipinski definition) is 4. The molecule has 0 saturated heterocycles. The summed E-state index contributed by atoms with van der Waals surface area (Å²) in [6.45, 7) is 0. The van der Waals surface area contributed by atoms with Gasteiger partial charge in [-0.15, -0.1) is 0 Å². The molecule has 216 valence electrons. The van der Waals surface area contributed by atoms with Gasteiger partial charge in [0.1, 0.15) is 10.9 Å². The zero-order chi connectivity index (χ0) is 30.0. The molecule has 42 heavy (non-hydrogen) atoms. The molecule has 3 aromatic carbocycles. The predicted molar refractivity (Wildman–Crippen MR) is 166 cm³/mol. The number of halogens is 3. The number of allylic oxidation sites excluding steroid dienone is 2. The van der Waals surface area contributed by atoms with Gasteiger partial charge in [-0.3, -0.25) is 13.8 Å². The van der Waals surface area contributed by atoms with Crippen molar-refractivity contribution >= 4 is 74.5 Å². The van der Waals surface area contributed by atoms with Gasteiger partial charge in [0.15, 0.2) is 0 Å². The molecule has 14 heteroatoms. The highest BCUT2D eigenvalue weighted by Gasteiger charge is 2.34. The number of aliphatic carboxylic acids is 1. The third kappa shape index (κ3) is 6.40. The van der Waals surface area contributed by atoms with Gasteiger partial charge < -0.3 is 15.1 Å². The van der Waals surface area contributed by atoms with Gasteiger partial charge in [-0.25, -0.2) is 13.2 Å². The second kappa shape index (κ2) is 12.3. The first kappa shape index (κ1) is 29.9. The van der Waals surface area contributed by atoms with Crippen molar-refractivity contribution in [2.45, 2.75) is 12.0 Å². The van der Waals surface area contributed by atoms with Crippen LogP contribution in [0.15, 0.2) is 102 Å². The number of benzene rings is 3. The summed E-state index contributed by atoms with van der Waals surface area (Å²) in [7, 11) is -4.20. The normalized spacial score (nSPS) is 14.9. The predicted octanol–water partition coefficient (Wildman–Crippen LogP) is 6.12. The number of sulfonamides is 1. The maximum atomic E-state index is 13.7. The van der Waals surface area contributed by atoms with Crippen LogP contribution in [0, 0.1) is 0 Å². The van der Waals surface area contributed by atoms with Crippen molar-refractivity contribution in [3.05, 3.63) is 134 Å². The average Bonchev–Trinajstić information content (AvgIpc) is 3.43. The fraction of sp³-hybridized carbons (Fsp3) is 0.0714. The minimum absolute atomic E-state index is 0.0391. The number of hydrogen-bond acceptors (Lipinski definition) is 7. The fourth-order valence-corrected chi connectivity index (χ4v) is 6.89. The van der Waals surface area contributed by atoms with E-state index in [9.17, 15) is 23.1 Å². The molecule has 9 nitrogen and oxygen atoms in total. The molecule has 0 aromatic heterocycles. The number of amides is 1. The lowest BCUT2D eigenvalue weighted by Gasteiger charge is -2.27. The Bertz CT molecular complexity index is 1700. The lowest BCUT2D eigenvalue weighted by molar-refractivity contribution is -0.139. The van der Waals surface area contributed by atoms with Crippen molar-refractivity contribution in [3.8, 4) is 0 Å².